The quantitative estimate of drug-likeness (QED) is 0.709. The smallest absolute Gasteiger partial charge is 0.255 e. The van der Waals surface area contributed by atoms with Crippen LogP contribution >= 0.6 is 0 Å². The fourth-order valence-electron chi connectivity index (χ4n) is 3.54. The van der Waals surface area contributed by atoms with E-state index in [0.29, 0.717) is 30.4 Å². The predicted octanol–water partition coefficient (Wildman–Crippen LogP) is 3.77. The van der Waals surface area contributed by atoms with Crippen molar-refractivity contribution in [1.82, 2.24) is 20.0 Å². The van der Waals surface area contributed by atoms with Gasteiger partial charge in [0.25, 0.3) is 5.91 Å². The summed E-state index contributed by atoms with van der Waals surface area (Å²) in [4.78, 5) is 23.8. The van der Waals surface area contributed by atoms with E-state index in [1.165, 1.54) is 0 Å². The first-order chi connectivity index (χ1) is 13.1. The molecular formula is C21H22N4O2. The third-order valence-corrected chi connectivity index (χ3v) is 5.06. The summed E-state index contributed by atoms with van der Waals surface area (Å²) in [5.41, 5.74) is 3.36. The minimum atomic E-state index is 0.0415. The molecule has 1 aromatic carbocycles. The van der Waals surface area contributed by atoms with Crippen LogP contribution in [-0.2, 0) is 0 Å². The summed E-state index contributed by atoms with van der Waals surface area (Å²) in [6.07, 6.45) is 1.67. The number of carbonyl (C=O) groups is 1. The Morgan fingerprint density at radius 1 is 1.04 bits per heavy atom. The molecule has 138 valence electrons. The number of benzene rings is 1. The van der Waals surface area contributed by atoms with Gasteiger partial charge in [-0.3, -0.25) is 9.78 Å². The van der Waals surface area contributed by atoms with Crippen LogP contribution in [-0.4, -0.2) is 39.0 Å². The fourth-order valence-corrected chi connectivity index (χ4v) is 3.54. The van der Waals surface area contributed by atoms with Crippen molar-refractivity contribution < 1.29 is 9.32 Å². The van der Waals surface area contributed by atoms with Crippen LogP contribution in [0.15, 0.2) is 47.0 Å². The molecule has 0 aliphatic carbocycles. The lowest BCUT2D eigenvalue weighted by molar-refractivity contribution is 0.0703. The lowest BCUT2D eigenvalue weighted by Gasteiger charge is -2.30. The van der Waals surface area contributed by atoms with Gasteiger partial charge in [0.1, 0.15) is 0 Å². The second-order valence-corrected chi connectivity index (χ2v) is 6.94. The molecule has 1 fully saturated rings. The molecule has 0 atom stereocenters. The van der Waals surface area contributed by atoms with Gasteiger partial charge in [0, 0.05) is 24.6 Å². The van der Waals surface area contributed by atoms with Crippen LogP contribution in [0.1, 0.15) is 46.5 Å². The first-order valence-corrected chi connectivity index (χ1v) is 9.24. The summed E-state index contributed by atoms with van der Waals surface area (Å²) < 4.78 is 5.28. The van der Waals surface area contributed by atoms with E-state index < -0.39 is 0 Å². The number of aryl methyl sites for hydroxylation is 2. The second-order valence-electron chi connectivity index (χ2n) is 6.94. The third-order valence-electron chi connectivity index (χ3n) is 5.06. The van der Waals surface area contributed by atoms with Gasteiger partial charge in [0.2, 0.25) is 5.89 Å². The molecule has 6 nitrogen and oxygen atoms in total. The van der Waals surface area contributed by atoms with E-state index in [0.717, 1.165) is 29.8 Å². The van der Waals surface area contributed by atoms with Gasteiger partial charge >= 0.3 is 0 Å². The number of amides is 1. The van der Waals surface area contributed by atoms with Crippen LogP contribution in [0.25, 0.3) is 11.3 Å². The summed E-state index contributed by atoms with van der Waals surface area (Å²) in [6, 6.07) is 13.8. The number of pyridine rings is 1. The molecule has 0 saturated carbocycles. The van der Waals surface area contributed by atoms with Crippen LogP contribution in [0.5, 0.6) is 0 Å². The number of hydrogen-bond acceptors (Lipinski definition) is 5. The zero-order chi connectivity index (χ0) is 18.8. The molecule has 2 aromatic heterocycles. The minimum absolute atomic E-state index is 0.0415. The first kappa shape index (κ1) is 17.4. The highest BCUT2D eigenvalue weighted by Crippen LogP contribution is 2.28. The Kier molecular flexibility index (Phi) is 4.71. The van der Waals surface area contributed by atoms with E-state index in [-0.39, 0.29) is 11.8 Å². The molecule has 0 bridgehead atoms. The molecular weight excluding hydrogens is 340 g/mol. The maximum Gasteiger partial charge on any atom is 0.255 e. The lowest BCUT2D eigenvalue weighted by atomic mass is 9.96. The van der Waals surface area contributed by atoms with Crippen molar-refractivity contribution in [2.24, 2.45) is 0 Å². The van der Waals surface area contributed by atoms with Crippen LogP contribution in [0.4, 0.5) is 0 Å². The Labute approximate surface area is 158 Å². The van der Waals surface area contributed by atoms with Gasteiger partial charge in [-0.1, -0.05) is 35.5 Å². The molecule has 1 saturated heterocycles. The average Bonchev–Trinajstić information content (AvgIpc) is 3.14. The van der Waals surface area contributed by atoms with E-state index in [1.807, 2.05) is 61.2 Å². The number of aromatic nitrogens is 3. The van der Waals surface area contributed by atoms with Gasteiger partial charge in [-0.2, -0.15) is 4.98 Å². The zero-order valence-corrected chi connectivity index (χ0v) is 15.6. The Morgan fingerprint density at radius 3 is 2.41 bits per heavy atom. The maximum absolute atomic E-state index is 13.0. The van der Waals surface area contributed by atoms with Crippen molar-refractivity contribution in [2.45, 2.75) is 32.6 Å². The Bertz CT molecular complexity index is 944. The van der Waals surface area contributed by atoms with Crippen molar-refractivity contribution in [3.63, 3.8) is 0 Å². The van der Waals surface area contributed by atoms with Crippen molar-refractivity contribution in [3.8, 4) is 11.3 Å². The monoisotopic (exact) mass is 362 g/mol. The van der Waals surface area contributed by atoms with Gasteiger partial charge in [-0.25, -0.2) is 0 Å². The van der Waals surface area contributed by atoms with E-state index in [4.69, 9.17) is 4.52 Å². The molecule has 3 heterocycles. The summed E-state index contributed by atoms with van der Waals surface area (Å²) in [5.74, 6) is 1.61. The summed E-state index contributed by atoms with van der Waals surface area (Å²) in [7, 11) is 0. The SMILES string of the molecule is Cc1noc(C2CCN(C(=O)c3ccc(-c4ccccc4)nc3C)CC2)n1. The number of likely N-dealkylation sites (tertiary alicyclic amines) is 1. The predicted molar refractivity (Wildman–Crippen MR) is 101 cm³/mol. The van der Waals surface area contributed by atoms with Crippen LogP contribution in [0.2, 0.25) is 0 Å². The summed E-state index contributed by atoms with van der Waals surface area (Å²) >= 11 is 0. The highest BCUT2D eigenvalue weighted by atomic mass is 16.5. The maximum atomic E-state index is 13.0. The molecule has 0 radical (unpaired) electrons. The topological polar surface area (TPSA) is 72.1 Å². The van der Waals surface area contributed by atoms with Gasteiger partial charge < -0.3 is 9.42 Å². The van der Waals surface area contributed by atoms with Crippen molar-refractivity contribution >= 4 is 5.91 Å². The largest absolute Gasteiger partial charge is 0.339 e. The molecule has 27 heavy (non-hydrogen) atoms. The molecule has 1 aliphatic heterocycles. The van der Waals surface area contributed by atoms with Crippen LogP contribution in [0, 0.1) is 13.8 Å². The number of piperidine rings is 1. The van der Waals surface area contributed by atoms with Crippen LogP contribution < -0.4 is 0 Å². The molecule has 6 heteroatoms. The number of rotatable bonds is 3. The van der Waals surface area contributed by atoms with Gasteiger partial charge in [-0.15, -0.1) is 0 Å². The van der Waals surface area contributed by atoms with Gasteiger partial charge in [0.05, 0.1) is 17.0 Å². The Balaban J connectivity index is 1.46. The van der Waals surface area contributed by atoms with E-state index in [1.54, 1.807) is 0 Å². The highest BCUT2D eigenvalue weighted by molar-refractivity contribution is 5.95. The number of nitrogens with zero attached hydrogens (tertiary/aromatic N) is 4. The zero-order valence-electron chi connectivity index (χ0n) is 15.6. The van der Waals surface area contributed by atoms with Gasteiger partial charge in [-0.05, 0) is 38.8 Å². The molecule has 1 amide bonds. The normalized spacial score (nSPS) is 15.1. The number of carbonyl (C=O) groups excluding carboxylic acids is 1. The third kappa shape index (κ3) is 3.60. The molecule has 0 N–H and O–H groups in total. The minimum Gasteiger partial charge on any atom is -0.339 e. The summed E-state index contributed by atoms with van der Waals surface area (Å²) in [5, 5.41) is 3.86. The van der Waals surface area contributed by atoms with Crippen molar-refractivity contribution in [3.05, 3.63) is 65.4 Å². The van der Waals surface area contributed by atoms with Crippen molar-refractivity contribution in [1.29, 1.82) is 0 Å². The van der Waals surface area contributed by atoms with E-state index in [9.17, 15) is 4.79 Å². The highest BCUT2D eigenvalue weighted by Gasteiger charge is 2.28. The van der Waals surface area contributed by atoms with E-state index in [2.05, 4.69) is 15.1 Å². The molecule has 4 rings (SSSR count). The number of hydrogen-bond donors (Lipinski definition) is 0. The molecule has 3 aromatic rings. The molecule has 0 unspecified atom stereocenters. The molecule has 0 spiro atoms. The average molecular weight is 362 g/mol. The standard InChI is InChI=1S/C21H22N4O2/c1-14-18(8-9-19(22-14)16-6-4-3-5-7-16)21(26)25-12-10-17(11-13-25)20-23-15(2)24-27-20/h3-9,17H,10-13H2,1-2H3. The Hall–Kier alpha value is -3.02. The summed E-state index contributed by atoms with van der Waals surface area (Å²) in [6.45, 7) is 5.09. The Morgan fingerprint density at radius 2 is 1.78 bits per heavy atom. The second kappa shape index (κ2) is 7.31. The van der Waals surface area contributed by atoms with Crippen molar-refractivity contribution in [2.75, 3.05) is 13.1 Å². The molecule has 1 aliphatic rings. The van der Waals surface area contributed by atoms with E-state index >= 15 is 0 Å². The first-order valence-electron chi connectivity index (χ1n) is 9.24. The van der Waals surface area contributed by atoms with Crippen LogP contribution in [0.3, 0.4) is 0 Å². The lowest BCUT2D eigenvalue weighted by Crippen LogP contribution is -2.38. The van der Waals surface area contributed by atoms with Gasteiger partial charge in [0.15, 0.2) is 5.82 Å². The fraction of sp³-hybridized carbons (Fsp3) is 0.333.